The second-order valence-corrected chi connectivity index (χ2v) is 8.45. The van der Waals surface area contributed by atoms with Gasteiger partial charge in [0.25, 0.3) is 5.91 Å². The van der Waals surface area contributed by atoms with Crippen molar-refractivity contribution >= 4 is 28.7 Å². The van der Waals surface area contributed by atoms with E-state index in [-0.39, 0.29) is 17.2 Å². The number of piperidine rings is 1. The first-order valence-electron chi connectivity index (χ1n) is 11.3. The molecular formula is C24H30N4O4. The first kappa shape index (κ1) is 22.1. The van der Waals surface area contributed by atoms with Crippen LogP contribution in [0.5, 0.6) is 5.75 Å². The monoisotopic (exact) mass is 438 g/mol. The van der Waals surface area contributed by atoms with Gasteiger partial charge in [0.05, 0.1) is 12.1 Å². The third-order valence-corrected chi connectivity index (χ3v) is 6.25. The third-order valence-electron chi connectivity index (χ3n) is 6.25. The number of hydrogen-bond donors (Lipinski definition) is 1. The standard InChI is InChI=1S/C24H30N4O4/c25-23(30)22-19-8-3-2-7-18(19)9-10-20(22)32-24(31)28-14-6-13-27(15-16-28)21(29)17-26-11-4-1-5-12-26/h2-3,7-10H,1,4-6,11-17H2,(H2,25,30). The van der Waals surface area contributed by atoms with E-state index in [0.29, 0.717) is 44.5 Å². The van der Waals surface area contributed by atoms with Gasteiger partial charge in [0, 0.05) is 26.2 Å². The summed E-state index contributed by atoms with van der Waals surface area (Å²) >= 11 is 0. The Balaban J connectivity index is 1.40. The van der Waals surface area contributed by atoms with Crippen molar-refractivity contribution in [2.24, 2.45) is 5.73 Å². The molecule has 0 bridgehead atoms. The summed E-state index contributed by atoms with van der Waals surface area (Å²) in [5.41, 5.74) is 5.79. The lowest BCUT2D eigenvalue weighted by Crippen LogP contribution is -2.44. The average molecular weight is 439 g/mol. The van der Waals surface area contributed by atoms with E-state index in [1.807, 2.05) is 23.1 Å². The number of nitrogens with two attached hydrogens (primary N) is 1. The Morgan fingerprint density at radius 2 is 1.53 bits per heavy atom. The van der Waals surface area contributed by atoms with Gasteiger partial charge in [-0.25, -0.2) is 4.79 Å². The number of ether oxygens (including phenoxy) is 1. The Bertz CT molecular complexity index is 1000. The van der Waals surface area contributed by atoms with E-state index in [1.54, 1.807) is 23.1 Å². The van der Waals surface area contributed by atoms with Gasteiger partial charge in [0.2, 0.25) is 5.91 Å². The summed E-state index contributed by atoms with van der Waals surface area (Å²) in [5.74, 6) is -0.369. The number of fused-ring (bicyclic) bond motifs is 1. The van der Waals surface area contributed by atoms with E-state index < -0.39 is 12.0 Å². The van der Waals surface area contributed by atoms with E-state index in [9.17, 15) is 14.4 Å². The minimum absolute atomic E-state index is 0.118. The fraction of sp³-hybridized carbons (Fsp3) is 0.458. The van der Waals surface area contributed by atoms with Crippen LogP contribution in [0.1, 0.15) is 36.0 Å². The van der Waals surface area contributed by atoms with Gasteiger partial charge >= 0.3 is 6.09 Å². The first-order valence-corrected chi connectivity index (χ1v) is 11.3. The number of likely N-dealkylation sites (tertiary alicyclic amines) is 1. The van der Waals surface area contributed by atoms with E-state index in [2.05, 4.69) is 4.90 Å². The lowest BCUT2D eigenvalue weighted by atomic mass is 10.0. The van der Waals surface area contributed by atoms with Crippen LogP contribution in [-0.4, -0.2) is 78.4 Å². The molecule has 0 saturated carbocycles. The van der Waals surface area contributed by atoms with Crippen molar-refractivity contribution < 1.29 is 19.1 Å². The minimum atomic E-state index is -0.644. The maximum Gasteiger partial charge on any atom is 0.415 e. The minimum Gasteiger partial charge on any atom is -0.409 e. The predicted octanol–water partition coefficient (Wildman–Crippen LogP) is 2.46. The summed E-state index contributed by atoms with van der Waals surface area (Å²) < 4.78 is 5.60. The highest BCUT2D eigenvalue weighted by molar-refractivity contribution is 6.09. The molecule has 2 fully saturated rings. The number of amides is 3. The van der Waals surface area contributed by atoms with Crippen molar-refractivity contribution in [3.63, 3.8) is 0 Å². The Labute approximate surface area is 187 Å². The number of nitrogens with zero attached hydrogens (tertiary/aromatic N) is 3. The Hall–Kier alpha value is -3.13. The maximum atomic E-state index is 12.9. The molecule has 32 heavy (non-hydrogen) atoms. The average Bonchev–Trinajstić information content (AvgIpc) is 3.06. The van der Waals surface area contributed by atoms with Crippen molar-refractivity contribution in [2.75, 3.05) is 45.8 Å². The van der Waals surface area contributed by atoms with Crippen LogP contribution in [0.4, 0.5) is 4.79 Å². The molecule has 8 heteroatoms. The number of carbonyl (C=O) groups excluding carboxylic acids is 3. The Morgan fingerprint density at radius 1 is 0.812 bits per heavy atom. The largest absolute Gasteiger partial charge is 0.415 e. The molecule has 2 aliphatic rings. The smallest absolute Gasteiger partial charge is 0.409 e. The van der Waals surface area contributed by atoms with Gasteiger partial charge in [-0.1, -0.05) is 36.8 Å². The number of carbonyl (C=O) groups is 3. The molecule has 4 rings (SSSR count). The predicted molar refractivity (Wildman–Crippen MR) is 122 cm³/mol. The number of primary amides is 1. The molecule has 2 saturated heterocycles. The highest BCUT2D eigenvalue weighted by Gasteiger charge is 2.26. The zero-order valence-corrected chi connectivity index (χ0v) is 18.3. The summed E-state index contributed by atoms with van der Waals surface area (Å²) in [6, 6.07) is 10.7. The zero-order valence-electron chi connectivity index (χ0n) is 18.3. The van der Waals surface area contributed by atoms with Crippen molar-refractivity contribution in [1.82, 2.24) is 14.7 Å². The number of hydrogen-bond acceptors (Lipinski definition) is 5. The molecule has 2 aromatic carbocycles. The zero-order chi connectivity index (χ0) is 22.5. The normalized spacial score (nSPS) is 17.8. The molecule has 8 nitrogen and oxygen atoms in total. The molecule has 0 aliphatic carbocycles. The van der Waals surface area contributed by atoms with Crippen molar-refractivity contribution in [3.8, 4) is 5.75 Å². The van der Waals surface area contributed by atoms with Gasteiger partial charge in [-0.15, -0.1) is 0 Å². The van der Waals surface area contributed by atoms with E-state index in [1.165, 1.54) is 6.42 Å². The molecular weight excluding hydrogens is 408 g/mol. The second-order valence-electron chi connectivity index (χ2n) is 8.45. The van der Waals surface area contributed by atoms with Crippen LogP contribution in [0.3, 0.4) is 0 Å². The molecule has 3 amide bonds. The highest BCUT2D eigenvalue weighted by atomic mass is 16.6. The van der Waals surface area contributed by atoms with Crippen LogP contribution >= 0.6 is 0 Å². The fourth-order valence-electron chi connectivity index (χ4n) is 4.51. The van der Waals surface area contributed by atoms with E-state index in [4.69, 9.17) is 10.5 Å². The molecule has 0 atom stereocenters. The third kappa shape index (κ3) is 5.02. The highest BCUT2D eigenvalue weighted by Crippen LogP contribution is 2.28. The summed E-state index contributed by atoms with van der Waals surface area (Å²) in [4.78, 5) is 43.3. The van der Waals surface area contributed by atoms with Crippen molar-refractivity contribution in [2.45, 2.75) is 25.7 Å². The summed E-state index contributed by atoms with van der Waals surface area (Å²) in [6.45, 7) is 4.39. The molecule has 2 aromatic rings. The van der Waals surface area contributed by atoms with Crippen LogP contribution in [0.25, 0.3) is 10.8 Å². The van der Waals surface area contributed by atoms with Crippen LogP contribution < -0.4 is 10.5 Å². The lowest BCUT2D eigenvalue weighted by Gasteiger charge is -2.29. The van der Waals surface area contributed by atoms with Crippen LogP contribution in [0, 0.1) is 0 Å². The van der Waals surface area contributed by atoms with Gasteiger partial charge < -0.3 is 20.3 Å². The summed E-state index contributed by atoms with van der Waals surface area (Å²) in [7, 11) is 0. The molecule has 170 valence electrons. The molecule has 0 radical (unpaired) electrons. The first-order chi connectivity index (χ1) is 15.5. The molecule has 2 N–H and O–H groups in total. The van der Waals surface area contributed by atoms with Gasteiger partial charge in [-0.3, -0.25) is 14.5 Å². The number of benzene rings is 2. The van der Waals surface area contributed by atoms with Crippen LogP contribution in [0.15, 0.2) is 36.4 Å². The number of rotatable bonds is 4. The van der Waals surface area contributed by atoms with Gasteiger partial charge in [-0.05, 0) is 49.2 Å². The van der Waals surface area contributed by atoms with Gasteiger partial charge in [0.15, 0.2) is 0 Å². The van der Waals surface area contributed by atoms with E-state index in [0.717, 1.165) is 31.3 Å². The van der Waals surface area contributed by atoms with Crippen LogP contribution in [-0.2, 0) is 4.79 Å². The Morgan fingerprint density at radius 3 is 2.31 bits per heavy atom. The van der Waals surface area contributed by atoms with Gasteiger partial charge in [-0.2, -0.15) is 0 Å². The summed E-state index contributed by atoms with van der Waals surface area (Å²) in [5, 5.41) is 1.49. The Kier molecular flexibility index (Phi) is 6.90. The molecule has 0 spiro atoms. The van der Waals surface area contributed by atoms with Crippen LogP contribution in [0.2, 0.25) is 0 Å². The second kappa shape index (κ2) is 9.99. The topological polar surface area (TPSA) is 96.2 Å². The molecule has 0 aromatic heterocycles. The van der Waals surface area contributed by atoms with Crippen molar-refractivity contribution in [3.05, 3.63) is 42.0 Å². The maximum absolute atomic E-state index is 12.9. The molecule has 2 heterocycles. The van der Waals surface area contributed by atoms with Crippen molar-refractivity contribution in [1.29, 1.82) is 0 Å². The molecule has 2 aliphatic heterocycles. The lowest BCUT2D eigenvalue weighted by molar-refractivity contribution is -0.132. The summed E-state index contributed by atoms with van der Waals surface area (Å²) in [6.07, 6.45) is 3.68. The fourth-order valence-corrected chi connectivity index (χ4v) is 4.51. The van der Waals surface area contributed by atoms with Gasteiger partial charge in [0.1, 0.15) is 5.75 Å². The quantitative estimate of drug-likeness (QED) is 0.791. The van der Waals surface area contributed by atoms with E-state index >= 15 is 0 Å². The molecule has 0 unspecified atom stereocenters. The SMILES string of the molecule is NC(=O)c1c(OC(=O)N2CCCN(C(=O)CN3CCCCC3)CC2)ccc2ccccc12.